The summed E-state index contributed by atoms with van der Waals surface area (Å²) in [5.41, 5.74) is 2.80. The monoisotopic (exact) mass is 294 g/mol. The van der Waals surface area contributed by atoms with Crippen LogP contribution in [-0.2, 0) is 6.42 Å². The molecule has 3 rings (SSSR count). The summed E-state index contributed by atoms with van der Waals surface area (Å²) in [5.74, 6) is 0. The molecule has 2 heterocycles. The Hall–Kier alpha value is 0.01000. The lowest BCUT2D eigenvalue weighted by atomic mass is 9.91. The molecule has 1 aromatic rings. The van der Waals surface area contributed by atoms with Gasteiger partial charge in [-0.15, -0.1) is 24.8 Å². The molecule has 2 aliphatic rings. The lowest BCUT2D eigenvalue weighted by Crippen LogP contribution is -2.49. The van der Waals surface area contributed by atoms with Gasteiger partial charge in [-0.3, -0.25) is 4.90 Å². The Morgan fingerprint density at radius 3 is 2.88 bits per heavy atom. The first kappa shape index (κ1) is 15.1. The molecule has 5 heteroatoms. The largest absolute Gasteiger partial charge is 0.314 e. The zero-order valence-electron chi connectivity index (χ0n) is 9.49. The van der Waals surface area contributed by atoms with Crippen LogP contribution in [0, 0.1) is 0 Å². The Morgan fingerprint density at radius 1 is 1.24 bits per heavy atom. The van der Waals surface area contributed by atoms with Crippen LogP contribution in [0.1, 0.15) is 17.2 Å². The second kappa shape index (κ2) is 6.26. The van der Waals surface area contributed by atoms with E-state index in [1.54, 1.807) is 0 Å². The molecule has 1 N–H and O–H groups in total. The number of fused-ring (bicyclic) bond motifs is 3. The summed E-state index contributed by atoms with van der Waals surface area (Å²) in [7, 11) is 0. The van der Waals surface area contributed by atoms with E-state index in [0.717, 1.165) is 31.1 Å². The van der Waals surface area contributed by atoms with Crippen molar-refractivity contribution in [1.82, 2.24) is 10.2 Å². The maximum Gasteiger partial charge on any atom is 0.0490 e. The number of nitrogens with zero attached hydrogens (tertiary/aromatic N) is 1. The number of nitrogens with one attached hydrogen (secondary N) is 1. The Kier molecular flexibility index (Phi) is 5.55. The standard InChI is InChI=1S/C12H15ClN2.2ClH/c13-10-3-1-2-9-4-6-15-7-5-14-8-11(15)12(9)10;;/h1-3,11,14H,4-8H2;2*1H. The highest BCUT2D eigenvalue weighted by Crippen LogP contribution is 2.35. The van der Waals surface area contributed by atoms with Crippen LogP contribution in [-0.4, -0.2) is 31.1 Å². The Bertz CT molecular complexity index is 384. The smallest absolute Gasteiger partial charge is 0.0490 e. The molecule has 0 aromatic heterocycles. The maximum absolute atomic E-state index is 6.31. The van der Waals surface area contributed by atoms with Crippen LogP contribution in [0.25, 0.3) is 0 Å². The summed E-state index contributed by atoms with van der Waals surface area (Å²) >= 11 is 6.31. The fourth-order valence-corrected chi connectivity index (χ4v) is 3.06. The number of rotatable bonds is 0. The minimum absolute atomic E-state index is 0. The van der Waals surface area contributed by atoms with Crippen LogP contribution in [0.15, 0.2) is 18.2 Å². The van der Waals surface area contributed by atoms with Crippen LogP contribution in [0.2, 0.25) is 5.02 Å². The molecule has 1 aromatic carbocycles. The minimum atomic E-state index is 0. The summed E-state index contributed by atoms with van der Waals surface area (Å²) in [6.07, 6.45) is 1.15. The van der Waals surface area contributed by atoms with Crippen LogP contribution in [0.5, 0.6) is 0 Å². The molecule has 2 nitrogen and oxygen atoms in total. The predicted molar refractivity (Wildman–Crippen MR) is 76.8 cm³/mol. The van der Waals surface area contributed by atoms with Gasteiger partial charge in [0, 0.05) is 37.2 Å². The third-order valence-corrected chi connectivity index (χ3v) is 3.83. The van der Waals surface area contributed by atoms with E-state index >= 15 is 0 Å². The van der Waals surface area contributed by atoms with Gasteiger partial charge < -0.3 is 5.32 Å². The molecule has 1 unspecified atom stereocenters. The zero-order chi connectivity index (χ0) is 10.3. The summed E-state index contributed by atoms with van der Waals surface area (Å²) in [6, 6.07) is 6.79. The van der Waals surface area contributed by atoms with E-state index in [1.165, 1.54) is 17.7 Å². The van der Waals surface area contributed by atoms with Gasteiger partial charge in [0.25, 0.3) is 0 Å². The molecule has 1 atom stereocenters. The Balaban J connectivity index is 0.000000722. The highest BCUT2D eigenvalue weighted by Gasteiger charge is 2.30. The van der Waals surface area contributed by atoms with Gasteiger partial charge in [-0.1, -0.05) is 23.7 Å². The van der Waals surface area contributed by atoms with Crippen molar-refractivity contribution < 1.29 is 0 Å². The van der Waals surface area contributed by atoms with Crippen molar-refractivity contribution in [2.75, 3.05) is 26.2 Å². The quantitative estimate of drug-likeness (QED) is 0.792. The van der Waals surface area contributed by atoms with E-state index in [4.69, 9.17) is 11.6 Å². The molecule has 1 saturated heterocycles. The number of hydrogen-bond donors (Lipinski definition) is 1. The van der Waals surface area contributed by atoms with Crippen molar-refractivity contribution in [2.45, 2.75) is 12.5 Å². The number of hydrogen-bond acceptors (Lipinski definition) is 2. The van der Waals surface area contributed by atoms with E-state index in [-0.39, 0.29) is 24.8 Å². The van der Waals surface area contributed by atoms with Crippen LogP contribution in [0.4, 0.5) is 0 Å². The van der Waals surface area contributed by atoms with Crippen LogP contribution in [0.3, 0.4) is 0 Å². The SMILES string of the molecule is Cl.Cl.Clc1cccc2c1C1CNCCN1CC2. The van der Waals surface area contributed by atoms with Gasteiger partial charge in [-0.2, -0.15) is 0 Å². The van der Waals surface area contributed by atoms with Crippen molar-refractivity contribution in [3.8, 4) is 0 Å². The molecule has 96 valence electrons. The first-order valence-electron chi connectivity index (χ1n) is 5.58. The van der Waals surface area contributed by atoms with Crippen molar-refractivity contribution >= 4 is 36.4 Å². The molecular weight excluding hydrogens is 279 g/mol. The van der Waals surface area contributed by atoms with E-state index in [1.807, 2.05) is 6.07 Å². The lowest BCUT2D eigenvalue weighted by Gasteiger charge is -2.41. The molecule has 0 saturated carbocycles. The van der Waals surface area contributed by atoms with Gasteiger partial charge >= 0.3 is 0 Å². The summed E-state index contributed by atoms with van der Waals surface area (Å²) < 4.78 is 0. The molecule has 2 aliphatic heterocycles. The fraction of sp³-hybridized carbons (Fsp3) is 0.500. The van der Waals surface area contributed by atoms with Gasteiger partial charge in [0.2, 0.25) is 0 Å². The summed E-state index contributed by atoms with van der Waals surface area (Å²) in [5, 5.41) is 4.39. The van der Waals surface area contributed by atoms with E-state index < -0.39 is 0 Å². The normalized spacial score (nSPS) is 22.8. The van der Waals surface area contributed by atoms with Crippen LogP contribution < -0.4 is 5.32 Å². The third kappa shape index (κ3) is 2.72. The first-order chi connectivity index (χ1) is 7.36. The van der Waals surface area contributed by atoms with Gasteiger partial charge in [-0.05, 0) is 23.6 Å². The molecule has 17 heavy (non-hydrogen) atoms. The second-order valence-electron chi connectivity index (χ2n) is 4.32. The van der Waals surface area contributed by atoms with Crippen molar-refractivity contribution in [3.63, 3.8) is 0 Å². The van der Waals surface area contributed by atoms with Gasteiger partial charge in [0.05, 0.1) is 0 Å². The summed E-state index contributed by atoms with van der Waals surface area (Å²) in [6.45, 7) is 4.47. The topological polar surface area (TPSA) is 15.3 Å². The predicted octanol–water partition coefficient (Wildman–Crippen LogP) is 2.69. The molecule has 0 spiro atoms. The van der Waals surface area contributed by atoms with Crippen molar-refractivity contribution in [3.05, 3.63) is 34.3 Å². The summed E-state index contributed by atoms with van der Waals surface area (Å²) in [4.78, 5) is 2.55. The molecule has 1 fully saturated rings. The number of benzene rings is 1. The second-order valence-corrected chi connectivity index (χ2v) is 4.73. The third-order valence-electron chi connectivity index (χ3n) is 3.50. The molecular formula is C12H17Cl3N2. The Labute approximate surface area is 120 Å². The van der Waals surface area contributed by atoms with E-state index in [0.29, 0.717) is 6.04 Å². The highest BCUT2D eigenvalue weighted by molar-refractivity contribution is 6.31. The van der Waals surface area contributed by atoms with E-state index in [2.05, 4.69) is 22.3 Å². The zero-order valence-corrected chi connectivity index (χ0v) is 11.9. The van der Waals surface area contributed by atoms with Gasteiger partial charge in [-0.25, -0.2) is 0 Å². The molecule has 0 bridgehead atoms. The van der Waals surface area contributed by atoms with Crippen molar-refractivity contribution in [2.24, 2.45) is 0 Å². The molecule has 0 radical (unpaired) electrons. The average Bonchev–Trinajstić information content (AvgIpc) is 2.29. The number of halogens is 3. The Morgan fingerprint density at radius 2 is 2.06 bits per heavy atom. The average molecular weight is 296 g/mol. The fourth-order valence-electron chi connectivity index (χ4n) is 2.74. The van der Waals surface area contributed by atoms with Gasteiger partial charge in [0.1, 0.15) is 0 Å². The lowest BCUT2D eigenvalue weighted by molar-refractivity contribution is 0.152. The van der Waals surface area contributed by atoms with Crippen molar-refractivity contribution in [1.29, 1.82) is 0 Å². The van der Waals surface area contributed by atoms with Gasteiger partial charge in [0.15, 0.2) is 0 Å². The van der Waals surface area contributed by atoms with Crippen LogP contribution >= 0.6 is 36.4 Å². The number of piperazine rings is 1. The molecule has 0 amide bonds. The maximum atomic E-state index is 6.31. The molecule has 0 aliphatic carbocycles. The first-order valence-corrected chi connectivity index (χ1v) is 5.96. The highest BCUT2D eigenvalue weighted by atomic mass is 35.5. The van der Waals surface area contributed by atoms with E-state index in [9.17, 15) is 0 Å². The minimum Gasteiger partial charge on any atom is -0.314 e.